The van der Waals surface area contributed by atoms with Crippen molar-refractivity contribution >= 4 is 9.84 Å². The van der Waals surface area contributed by atoms with Gasteiger partial charge < -0.3 is 0 Å². The van der Waals surface area contributed by atoms with Crippen LogP contribution in [0.1, 0.15) is 0 Å². The predicted molar refractivity (Wildman–Crippen MR) is 66.4 cm³/mol. The van der Waals surface area contributed by atoms with Gasteiger partial charge in [0.15, 0.2) is 9.84 Å². The fourth-order valence-electron chi connectivity index (χ4n) is 1.55. The molecule has 0 N–H and O–H groups in total. The van der Waals surface area contributed by atoms with Crippen molar-refractivity contribution in [3.63, 3.8) is 0 Å². The van der Waals surface area contributed by atoms with Crippen LogP contribution in [0.15, 0.2) is 41.4 Å². The summed E-state index contributed by atoms with van der Waals surface area (Å²) in [5.74, 6) is 0. The van der Waals surface area contributed by atoms with Crippen molar-refractivity contribution < 1.29 is 8.42 Å². The molecule has 0 saturated heterocycles. The van der Waals surface area contributed by atoms with Gasteiger partial charge in [-0.05, 0) is 18.2 Å². The van der Waals surface area contributed by atoms with Crippen molar-refractivity contribution in [2.24, 2.45) is 0 Å². The average Bonchev–Trinajstić information content (AvgIpc) is 2.77. The maximum Gasteiger partial charge on any atom is 0.175 e. The highest BCUT2D eigenvalue weighted by molar-refractivity contribution is 7.90. The maximum absolute atomic E-state index is 11.3. The number of rotatable bonds is 3. The van der Waals surface area contributed by atoms with Crippen LogP contribution in [-0.4, -0.2) is 24.5 Å². The summed E-state index contributed by atoms with van der Waals surface area (Å²) in [6.07, 6.45) is 2.88. The number of benzene rings is 1. The molecule has 5 nitrogen and oxygen atoms in total. The summed E-state index contributed by atoms with van der Waals surface area (Å²) in [7, 11) is -3.17. The molecule has 0 fully saturated rings. The zero-order valence-electron chi connectivity index (χ0n) is 9.74. The van der Waals surface area contributed by atoms with Gasteiger partial charge in [-0.15, -0.1) is 0 Å². The fraction of sp³-hybridized carbons (Fsp3) is 0.167. The Hall–Kier alpha value is -2.13. The van der Waals surface area contributed by atoms with E-state index in [1.807, 2.05) is 6.07 Å². The highest BCUT2D eigenvalue weighted by Gasteiger charge is 2.08. The van der Waals surface area contributed by atoms with Crippen molar-refractivity contribution in [2.75, 3.05) is 6.26 Å². The molecule has 0 aliphatic rings. The van der Waals surface area contributed by atoms with E-state index in [4.69, 9.17) is 5.26 Å². The van der Waals surface area contributed by atoms with E-state index in [0.29, 0.717) is 5.69 Å². The van der Waals surface area contributed by atoms with E-state index >= 15 is 0 Å². The van der Waals surface area contributed by atoms with Crippen molar-refractivity contribution in [2.45, 2.75) is 11.4 Å². The SMILES string of the molecule is CS(=O)(=O)c1ccc(-c2ccn(CC#N)n2)cc1. The second-order valence-electron chi connectivity index (χ2n) is 3.85. The smallest absolute Gasteiger partial charge is 0.175 e. The predicted octanol–water partition coefficient (Wildman–Crippen LogP) is 1.48. The third-order valence-electron chi connectivity index (χ3n) is 2.45. The summed E-state index contributed by atoms with van der Waals surface area (Å²) in [5, 5.41) is 12.8. The average molecular weight is 261 g/mol. The third kappa shape index (κ3) is 2.57. The Bertz CT molecular complexity index is 694. The normalized spacial score (nSPS) is 11.1. The molecule has 0 unspecified atom stereocenters. The van der Waals surface area contributed by atoms with Crippen LogP contribution in [0.3, 0.4) is 0 Å². The van der Waals surface area contributed by atoms with Gasteiger partial charge in [-0.3, -0.25) is 4.68 Å². The molecule has 0 amide bonds. The number of sulfone groups is 1. The number of hydrogen-bond donors (Lipinski definition) is 0. The number of nitrogens with zero attached hydrogens (tertiary/aromatic N) is 3. The van der Waals surface area contributed by atoms with Gasteiger partial charge >= 0.3 is 0 Å². The Morgan fingerprint density at radius 1 is 1.28 bits per heavy atom. The number of aromatic nitrogens is 2. The fourth-order valence-corrected chi connectivity index (χ4v) is 2.18. The van der Waals surface area contributed by atoms with Crippen molar-refractivity contribution in [1.82, 2.24) is 9.78 Å². The quantitative estimate of drug-likeness (QED) is 0.838. The van der Waals surface area contributed by atoms with Crippen LogP contribution in [-0.2, 0) is 16.4 Å². The molecular weight excluding hydrogens is 250 g/mol. The van der Waals surface area contributed by atoms with Gasteiger partial charge in [-0.1, -0.05) is 12.1 Å². The molecule has 2 rings (SSSR count). The maximum atomic E-state index is 11.3. The second kappa shape index (κ2) is 4.63. The molecule has 0 saturated carbocycles. The standard InChI is InChI=1S/C12H11N3O2S/c1-18(16,17)11-4-2-10(3-5-11)12-6-8-15(14-12)9-7-13/h2-6,8H,9H2,1H3. The molecule has 0 atom stereocenters. The topological polar surface area (TPSA) is 75.8 Å². The van der Waals surface area contributed by atoms with E-state index in [-0.39, 0.29) is 11.4 Å². The molecule has 0 aliphatic heterocycles. The van der Waals surface area contributed by atoms with Gasteiger partial charge in [0.25, 0.3) is 0 Å². The Morgan fingerprint density at radius 3 is 2.50 bits per heavy atom. The molecule has 1 aromatic carbocycles. The molecule has 1 aromatic heterocycles. The molecular formula is C12H11N3O2S. The molecule has 0 bridgehead atoms. The zero-order valence-corrected chi connectivity index (χ0v) is 10.6. The minimum atomic E-state index is -3.17. The molecule has 1 heterocycles. The molecule has 18 heavy (non-hydrogen) atoms. The summed E-state index contributed by atoms with van der Waals surface area (Å²) < 4.78 is 24.2. The summed E-state index contributed by atoms with van der Waals surface area (Å²) >= 11 is 0. The van der Waals surface area contributed by atoms with Gasteiger partial charge in [0.1, 0.15) is 6.54 Å². The van der Waals surface area contributed by atoms with Crippen LogP contribution in [0.2, 0.25) is 0 Å². The minimum absolute atomic E-state index is 0.196. The highest BCUT2D eigenvalue weighted by Crippen LogP contribution is 2.19. The zero-order chi connectivity index (χ0) is 13.2. The lowest BCUT2D eigenvalue weighted by Gasteiger charge is -2.00. The van der Waals surface area contributed by atoms with Gasteiger partial charge in [-0.25, -0.2) is 8.42 Å². The molecule has 0 spiro atoms. The molecule has 0 aliphatic carbocycles. The Morgan fingerprint density at radius 2 is 1.94 bits per heavy atom. The summed E-state index contributed by atoms with van der Waals surface area (Å²) in [5.41, 5.74) is 1.53. The molecule has 92 valence electrons. The van der Waals surface area contributed by atoms with Crippen molar-refractivity contribution in [1.29, 1.82) is 5.26 Å². The molecule has 6 heteroatoms. The largest absolute Gasteiger partial charge is 0.258 e. The van der Waals surface area contributed by atoms with E-state index in [0.717, 1.165) is 5.56 Å². The van der Waals surface area contributed by atoms with Crippen LogP contribution in [0.5, 0.6) is 0 Å². The Labute approximate surface area is 105 Å². The van der Waals surface area contributed by atoms with E-state index in [1.165, 1.54) is 10.9 Å². The van der Waals surface area contributed by atoms with Crippen LogP contribution < -0.4 is 0 Å². The van der Waals surface area contributed by atoms with Crippen molar-refractivity contribution in [3.8, 4) is 17.3 Å². The molecule has 0 radical (unpaired) electrons. The van der Waals surface area contributed by atoms with Gasteiger partial charge in [-0.2, -0.15) is 10.4 Å². The van der Waals surface area contributed by atoms with Gasteiger partial charge in [0.05, 0.1) is 16.7 Å². The first-order chi connectivity index (χ1) is 8.50. The lowest BCUT2D eigenvalue weighted by Crippen LogP contribution is -1.97. The lowest BCUT2D eigenvalue weighted by molar-refractivity contribution is 0.602. The van der Waals surface area contributed by atoms with Crippen LogP contribution in [0, 0.1) is 11.3 Å². The van der Waals surface area contributed by atoms with Crippen LogP contribution >= 0.6 is 0 Å². The first kappa shape index (κ1) is 12.3. The van der Waals surface area contributed by atoms with Crippen LogP contribution in [0.4, 0.5) is 0 Å². The Balaban J connectivity index is 2.32. The van der Waals surface area contributed by atoms with Gasteiger partial charge in [0.2, 0.25) is 0 Å². The van der Waals surface area contributed by atoms with Gasteiger partial charge in [0, 0.05) is 18.0 Å². The summed E-state index contributed by atoms with van der Waals surface area (Å²) in [6.45, 7) is 0.196. The highest BCUT2D eigenvalue weighted by atomic mass is 32.2. The number of hydrogen-bond acceptors (Lipinski definition) is 4. The van der Waals surface area contributed by atoms with E-state index < -0.39 is 9.84 Å². The summed E-state index contributed by atoms with van der Waals surface area (Å²) in [6, 6.07) is 10.3. The second-order valence-corrected chi connectivity index (χ2v) is 5.87. The monoisotopic (exact) mass is 261 g/mol. The first-order valence-electron chi connectivity index (χ1n) is 5.21. The van der Waals surface area contributed by atoms with E-state index in [1.54, 1.807) is 36.5 Å². The molecule has 2 aromatic rings. The summed E-state index contributed by atoms with van der Waals surface area (Å²) in [4.78, 5) is 0.280. The van der Waals surface area contributed by atoms with Crippen molar-refractivity contribution in [3.05, 3.63) is 36.5 Å². The Kier molecular flexibility index (Phi) is 3.17. The van der Waals surface area contributed by atoms with E-state index in [9.17, 15) is 8.42 Å². The third-order valence-corrected chi connectivity index (χ3v) is 3.58. The van der Waals surface area contributed by atoms with Crippen LogP contribution in [0.25, 0.3) is 11.3 Å². The number of nitriles is 1. The minimum Gasteiger partial charge on any atom is -0.258 e. The van der Waals surface area contributed by atoms with E-state index in [2.05, 4.69) is 5.10 Å². The first-order valence-corrected chi connectivity index (χ1v) is 7.11. The lowest BCUT2D eigenvalue weighted by atomic mass is 10.2.